The first-order valence-electron chi connectivity index (χ1n) is 13.1. The van der Waals surface area contributed by atoms with Crippen molar-refractivity contribution >= 4 is 40.4 Å². The van der Waals surface area contributed by atoms with E-state index in [9.17, 15) is 14.4 Å². The first-order valence-corrected chi connectivity index (χ1v) is 13.9. The lowest BCUT2D eigenvalue weighted by atomic mass is 9.64. The number of ketones is 3. The van der Waals surface area contributed by atoms with Crippen molar-refractivity contribution in [1.82, 2.24) is 0 Å². The van der Waals surface area contributed by atoms with Crippen LogP contribution in [0.3, 0.4) is 0 Å². The highest BCUT2D eigenvalue weighted by atomic mass is 32.1. The molecule has 4 aromatic rings. The Morgan fingerprint density at radius 2 is 1.60 bits per heavy atom. The van der Waals surface area contributed by atoms with E-state index in [0.717, 1.165) is 11.3 Å². The molecular formula is C33H25NO5S. The molecule has 3 heterocycles. The van der Waals surface area contributed by atoms with Gasteiger partial charge < -0.3 is 14.4 Å². The van der Waals surface area contributed by atoms with Gasteiger partial charge in [-0.15, -0.1) is 11.3 Å². The molecule has 3 aromatic carbocycles. The molecule has 2 aliphatic heterocycles. The summed E-state index contributed by atoms with van der Waals surface area (Å²) in [5.74, 6) is -0.476. The SMILES string of the molecule is COc1ccc([C@@H]2[C@H](C(=O)c3cccs3)N3c4ccccc4C=C[C@H]3C23C(=O)c2ccccc2C3=O)c(OC)c1. The summed E-state index contributed by atoms with van der Waals surface area (Å²) in [5, 5.41) is 1.87. The predicted molar refractivity (Wildman–Crippen MR) is 154 cm³/mol. The first kappa shape index (κ1) is 24.5. The third-order valence-corrected chi connectivity index (χ3v) is 9.41. The van der Waals surface area contributed by atoms with Crippen LogP contribution in [0.5, 0.6) is 11.5 Å². The van der Waals surface area contributed by atoms with Crippen molar-refractivity contribution in [1.29, 1.82) is 0 Å². The molecule has 198 valence electrons. The second kappa shape index (κ2) is 9.03. The van der Waals surface area contributed by atoms with Crippen molar-refractivity contribution in [2.45, 2.75) is 18.0 Å². The monoisotopic (exact) mass is 547 g/mol. The first-order chi connectivity index (χ1) is 19.5. The van der Waals surface area contributed by atoms with Crippen LogP contribution in [-0.4, -0.2) is 43.7 Å². The van der Waals surface area contributed by atoms with Crippen LogP contribution in [0.25, 0.3) is 6.08 Å². The highest BCUT2D eigenvalue weighted by molar-refractivity contribution is 7.12. The molecule has 1 saturated heterocycles. The van der Waals surface area contributed by atoms with Crippen LogP contribution in [0.1, 0.15) is 47.4 Å². The second-order valence-corrected chi connectivity index (χ2v) is 11.2. The van der Waals surface area contributed by atoms with Gasteiger partial charge in [-0.1, -0.05) is 66.7 Å². The summed E-state index contributed by atoms with van der Waals surface area (Å²) in [6.07, 6.45) is 3.89. The quantitative estimate of drug-likeness (QED) is 0.223. The van der Waals surface area contributed by atoms with Gasteiger partial charge in [0, 0.05) is 34.4 Å². The van der Waals surface area contributed by atoms with E-state index in [1.807, 2.05) is 58.8 Å². The number of anilines is 1. The molecule has 1 fully saturated rings. The number of para-hydroxylation sites is 1. The minimum absolute atomic E-state index is 0.138. The summed E-state index contributed by atoms with van der Waals surface area (Å²) in [5.41, 5.74) is 1.56. The average molecular weight is 548 g/mol. The summed E-state index contributed by atoms with van der Waals surface area (Å²) in [4.78, 5) is 46.5. The Hall–Kier alpha value is -4.49. The Morgan fingerprint density at radius 1 is 0.875 bits per heavy atom. The highest BCUT2D eigenvalue weighted by Crippen LogP contribution is 2.62. The second-order valence-electron chi connectivity index (χ2n) is 10.2. The van der Waals surface area contributed by atoms with Gasteiger partial charge in [-0.05, 0) is 29.1 Å². The molecule has 1 aliphatic carbocycles. The van der Waals surface area contributed by atoms with Crippen LogP contribution in [0.15, 0.2) is 90.3 Å². The number of carbonyl (C=O) groups is 3. The van der Waals surface area contributed by atoms with Gasteiger partial charge in [0.25, 0.3) is 0 Å². The van der Waals surface area contributed by atoms with Crippen molar-refractivity contribution in [3.05, 3.63) is 117 Å². The predicted octanol–water partition coefficient (Wildman–Crippen LogP) is 6.08. The maximum absolute atomic E-state index is 14.7. The smallest absolute Gasteiger partial charge is 0.195 e. The number of carbonyl (C=O) groups excluding carboxylic acids is 3. The Kier molecular flexibility index (Phi) is 5.54. The molecule has 1 aromatic heterocycles. The number of fused-ring (bicyclic) bond motifs is 5. The third-order valence-electron chi connectivity index (χ3n) is 8.52. The molecule has 3 atom stereocenters. The fourth-order valence-corrected chi connectivity index (χ4v) is 7.60. The zero-order chi connectivity index (χ0) is 27.6. The van der Waals surface area contributed by atoms with Crippen LogP contribution in [0.4, 0.5) is 5.69 Å². The number of rotatable bonds is 5. The van der Waals surface area contributed by atoms with E-state index >= 15 is 0 Å². The molecule has 0 unspecified atom stereocenters. The molecule has 7 rings (SSSR count). The van der Waals surface area contributed by atoms with E-state index in [2.05, 4.69) is 0 Å². The Balaban J connectivity index is 1.57. The molecule has 6 nitrogen and oxygen atoms in total. The van der Waals surface area contributed by atoms with Gasteiger partial charge in [-0.3, -0.25) is 14.4 Å². The number of nitrogens with zero attached hydrogens (tertiary/aromatic N) is 1. The zero-order valence-electron chi connectivity index (χ0n) is 21.9. The fourth-order valence-electron chi connectivity index (χ4n) is 6.90. The van der Waals surface area contributed by atoms with E-state index < -0.39 is 23.4 Å². The van der Waals surface area contributed by atoms with Gasteiger partial charge in [-0.25, -0.2) is 0 Å². The number of hydrogen-bond acceptors (Lipinski definition) is 7. The van der Waals surface area contributed by atoms with Crippen LogP contribution >= 0.6 is 11.3 Å². The molecule has 1 spiro atoms. The number of thiophene rings is 1. The number of Topliss-reactive ketones (excluding diaryl/α,β-unsaturated/α-hetero) is 3. The molecule has 40 heavy (non-hydrogen) atoms. The molecule has 0 amide bonds. The Morgan fingerprint density at radius 3 is 2.27 bits per heavy atom. The lowest BCUT2D eigenvalue weighted by Crippen LogP contribution is -2.48. The summed E-state index contributed by atoms with van der Waals surface area (Å²) in [7, 11) is 3.11. The maximum atomic E-state index is 14.7. The van der Waals surface area contributed by atoms with Crippen molar-refractivity contribution in [2.24, 2.45) is 5.41 Å². The van der Waals surface area contributed by atoms with Crippen LogP contribution in [0, 0.1) is 5.41 Å². The lowest BCUT2D eigenvalue weighted by Gasteiger charge is -2.37. The molecule has 0 N–H and O–H groups in total. The van der Waals surface area contributed by atoms with E-state index in [1.54, 1.807) is 56.7 Å². The summed E-state index contributed by atoms with van der Waals surface area (Å²) in [6.45, 7) is 0. The Labute approximate surface area is 235 Å². The van der Waals surface area contributed by atoms with E-state index in [0.29, 0.717) is 33.1 Å². The van der Waals surface area contributed by atoms with Crippen molar-refractivity contribution < 1.29 is 23.9 Å². The van der Waals surface area contributed by atoms with Crippen molar-refractivity contribution in [3.63, 3.8) is 0 Å². The highest BCUT2D eigenvalue weighted by Gasteiger charge is 2.72. The van der Waals surface area contributed by atoms with Gasteiger partial charge in [0.15, 0.2) is 17.3 Å². The largest absolute Gasteiger partial charge is 0.497 e. The van der Waals surface area contributed by atoms with Crippen LogP contribution in [0.2, 0.25) is 0 Å². The normalized spacial score (nSPS) is 21.8. The summed E-state index contributed by atoms with van der Waals surface area (Å²) >= 11 is 1.36. The number of hydrogen-bond donors (Lipinski definition) is 0. The average Bonchev–Trinajstić information content (AvgIpc) is 3.70. The van der Waals surface area contributed by atoms with E-state index in [1.165, 1.54) is 11.3 Å². The van der Waals surface area contributed by atoms with Gasteiger partial charge in [0.1, 0.15) is 23.0 Å². The van der Waals surface area contributed by atoms with Gasteiger partial charge in [-0.2, -0.15) is 0 Å². The van der Waals surface area contributed by atoms with Gasteiger partial charge in [0.2, 0.25) is 0 Å². The van der Waals surface area contributed by atoms with E-state index in [-0.39, 0.29) is 17.3 Å². The van der Waals surface area contributed by atoms with Gasteiger partial charge in [0.05, 0.1) is 25.1 Å². The van der Waals surface area contributed by atoms with Crippen molar-refractivity contribution in [2.75, 3.05) is 19.1 Å². The topological polar surface area (TPSA) is 72.9 Å². The van der Waals surface area contributed by atoms with Gasteiger partial charge >= 0.3 is 0 Å². The molecular weight excluding hydrogens is 522 g/mol. The van der Waals surface area contributed by atoms with Crippen molar-refractivity contribution in [3.8, 4) is 11.5 Å². The van der Waals surface area contributed by atoms with E-state index in [4.69, 9.17) is 9.47 Å². The molecule has 0 saturated carbocycles. The summed E-state index contributed by atoms with van der Waals surface area (Å²) < 4.78 is 11.3. The lowest BCUT2D eigenvalue weighted by molar-refractivity contribution is 0.0665. The minimum Gasteiger partial charge on any atom is -0.497 e. The molecule has 7 heteroatoms. The Bertz CT molecular complexity index is 1690. The minimum atomic E-state index is -1.58. The molecule has 3 aliphatic rings. The third kappa shape index (κ3) is 3.12. The maximum Gasteiger partial charge on any atom is 0.195 e. The zero-order valence-corrected chi connectivity index (χ0v) is 22.7. The summed E-state index contributed by atoms with van der Waals surface area (Å²) in [6, 6.07) is 22.3. The fraction of sp³-hybridized carbons (Fsp3) is 0.182. The molecule has 0 bridgehead atoms. The number of methoxy groups -OCH3 is 2. The number of benzene rings is 3. The molecule has 0 radical (unpaired) electrons. The van der Waals surface area contributed by atoms with Crippen LogP contribution in [-0.2, 0) is 0 Å². The standard InChI is InChI=1S/C33H25NO5S/c1-38-20-14-15-23(25(18-20)39-2)28-29(30(35)26-12-7-17-40-26)34-24-11-6-3-8-19(24)13-16-27(34)33(28)31(36)21-9-4-5-10-22(21)32(33)37/h3-18,27-29H,1-2H3/t27-,28+,29+/m0/s1. The van der Waals surface area contributed by atoms with Crippen LogP contribution < -0.4 is 14.4 Å². The number of ether oxygens (including phenoxy) is 2.